The number of nitrogen functional groups attached to an aromatic ring is 1. The molecule has 2 N–H and O–H groups in total. The van der Waals surface area contributed by atoms with Crippen molar-refractivity contribution in [3.05, 3.63) is 17.8 Å². The molecule has 1 aliphatic heterocycles. The fourth-order valence-corrected chi connectivity index (χ4v) is 2.38. The number of aromatic nitrogens is 2. The van der Waals surface area contributed by atoms with Gasteiger partial charge in [0.2, 0.25) is 0 Å². The first-order chi connectivity index (χ1) is 7.78. The molecule has 0 saturated carbocycles. The van der Waals surface area contributed by atoms with Crippen LogP contribution in [-0.2, 0) is 6.42 Å². The van der Waals surface area contributed by atoms with Gasteiger partial charge in [-0.1, -0.05) is 6.92 Å². The van der Waals surface area contributed by atoms with Crippen molar-refractivity contribution in [1.82, 2.24) is 15.1 Å². The van der Waals surface area contributed by atoms with E-state index in [4.69, 9.17) is 5.73 Å². The number of hydrogen-bond acceptors (Lipinski definition) is 4. The van der Waals surface area contributed by atoms with Crippen LogP contribution in [0.3, 0.4) is 0 Å². The first-order valence-electron chi connectivity index (χ1n) is 6.08. The van der Waals surface area contributed by atoms with Crippen molar-refractivity contribution in [1.29, 1.82) is 0 Å². The average molecular weight is 220 g/mol. The summed E-state index contributed by atoms with van der Waals surface area (Å²) in [5.41, 5.74) is 6.59. The molecule has 1 atom stereocenters. The molecule has 1 saturated heterocycles. The van der Waals surface area contributed by atoms with Gasteiger partial charge in [-0.05, 0) is 50.4 Å². The third-order valence-corrected chi connectivity index (χ3v) is 3.29. The van der Waals surface area contributed by atoms with Crippen molar-refractivity contribution in [2.75, 3.05) is 25.4 Å². The highest BCUT2D eigenvalue weighted by Gasteiger charge is 2.19. The van der Waals surface area contributed by atoms with Gasteiger partial charge in [0.1, 0.15) is 5.82 Å². The Morgan fingerprint density at radius 1 is 1.44 bits per heavy atom. The predicted octanol–water partition coefficient (Wildman–Crippen LogP) is 1.33. The van der Waals surface area contributed by atoms with Crippen LogP contribution in [0.4, 0.5) is 5.82 Å². The highest BCUT2D eigenvalue weighted by molar-refractivity contribution is 5.25. The van der Waals surface area contributed by atoms with Crippen molar-refractivity contribution >= 4 is 5.82 Å². The lowest BCUT2D eigenvalue weighted by Crippen LogP contribution is -2.36. The summed E-state index contributed by atoms with van der Waals surface area (Å²) in [7, 11) is 0. The quantitative estimate of drug-likeness (QED) is 0.835. The molecule has 2 rings (SSSR count). The van der Waals surface area contributed by atoms with Crippen molar-refractivity contribution in [2.45, 2.75) is 26.2 Å². The maximum atomic E-state index is 5.52. The summed E-state index contributed by atoms with van der Waals surface area (Å²) in [5, 5.41) is 8.03. The molecule has 4 heteroatoms. The molecule has 0 bridgehead atoms. The lowest BCUT2D eigenvalue weighted by Gasteiger charge is -2.31. The Balaban J connectivity index is 1.91. The SMILES string of the molecule is CCN1CCCC(Cc2ccc(N)nn2)C1. The van der Waals surface area contributed by atoms with Crippen molar-refractivity contribution in [3.8, 4) is 0 Å². The van der Waals surface area contributed by atoms with Crippen LogP contribution in [0.2, 0.25) is 0 Å². The molecule has 4 nitrogen and oxygen atoms in total. The Morgan fingerprint density at radius 2 is 2.31 bits per heavy atom. The fraction of sp³-hybridized carbons (Fsp3) is 0.667. The molecule has 0 spiro atoms. The zero-order chi connectivity index (χ0) is 11.4. The van der Waals surface area contributed by atoms with Gasteiger partial charge < -0.3 is 10.6 Å². The van der Waals surface area contributed by atoms with Crippen LogP contribution in [0.25, 0.3) is 0 Å². The number of likely N-dealkylation sites (tertiary alicyclic amines) is 1. The Morgan fingerprint density at radius 3 is 3.00 bits per heavy atom. The molecule has 2 heterocycles. The zero-order valence-electron chi connectivity index (χ0n) is 9.89. The summed E-state index contributed by atoms with van der Waals surface area (Å²) < 4.78 is 0. The molecule has 0 aromatic carbocycles. The summed E-state index contributed by atoms with van der Waals surface area (Å²) in [6.07, 6.45) is 3.65. The van der Waals surface area contributed by atoms with Gasteiger partial charge in [-0.15, -0.1) is 5.10 Å². The van der Waals surface area contributed by atoms with Gasteiger partial charge in [0.15, 0.2) is 0 Å². The van der Waals surface area contributed by atoms with Crippen molar-refractivity contribution in [2.24, 2.45) is 5.92 Å². The number of rotatable bonds is 3. The molecule has 1 aliphatic rings. The highest BCUT2D eigenvalue weighted by Crippen LogP contribution is 2.19. The van der Waals surface area contributed by atoms with E-state index in [-0.39, 0.29) is 0 Å². The molecule has 1 aromatic heterocycles. The first kappa shape index (κ1) is 11.3. The Labute approximate surface area is 96.9 Å². The van der Waals surface area contributed by atoms with E-state index in [9.17, 15) is 0 Å². The van der Waals surface area contributed by atoms with Crippen LogP contribution in [-0.4, -0.2) is 34.7 Å². The number of piperidine rings is 1. The zero-order valence-corrected chi connectivity index (χ0v) is 9.89. The van der Waals surface area contributed by atoms with E-state index in [0.29, 0.717) is 5.82 Å². The summed E-state index contributed by atoms with van der Waals surface area (Å²) >= 11 is 0. The van der Waals surface area contributed by atoms with Gasteiger partial charge >= 0.3 is 0 Å². The van der Waals surface area contributed by atoms with E-state index in [1.807, 2.05) is 12.1 Å². The smallest absolute Gasteiger partial charge is 0.146 e. The Kier molecular flexibility index (Phi) is 3.72. The van der Waals surface area contributed by atoms with E-state index >= 15 is 0 Å². The molecule has 1 unspecified atom stereocenters. The predicted molar refractivity (Wildman–Crippen MR) is 65.0 cm³/mol. The lowest BCUT2D eigenvalue weighted by atomic mass is 9.93. The summed E-state index contributed by atoms with van der Waals surface area (Å²) in [4.78, 5) is 2.51. The summed E-state index contributed by atoms with van der Waals surface area (Å²) in [5.74, 6) is 1.23. The standard InChI is InChI=1S/C12H20N4/c1-2-16-7-3-4-10(9-16)8-11-5-6-12(13)15-14-11/h5-6,10H,2-4,7-9H2,1H3,(H2,13,15). The third-order valence-electron chi connectivity index (χ3n) is 3.29. The second-order valence-corrected chi connectivity index (χ2v) is 4.56. The first-order valence-corrected chi connectivity index (χ1v) is 6.08. The molecular formula is C12H20N4. The van der Waals surface area contributed by atoms with E-state index in [0.717, 1.165) is 24.6 Å². The van der Waals surface area contributed by atoms with E-state index in [1.165, 1.54) is 25.9 Å². The van der Waals surface area contributed by atoms with Gasteiger partial charge in [0, 0.05) is 6.54 Å². The minimum atomic E-state index is 0.502. The molecule has 0 amide bonds. The fourth-order valence-electron chi connectivity index (χ4n) is 2.38. The molecular weight excluding hydrogens is 200 g/mol. The minimum Gasteiger partial charge on any atom is -0.382 e. The largest absolute Gasteiger partial charge is 0.382 e. The van der Waals surface area contributed by atoms with Crippen LogP contribution < -0.4 is 5.73 Å². The molecule has 1 aromatic rings. The normalized spacial score (nSPS) is 22.2. The van der Waals surface area contributed by atoms with Crippen LogP contribution >= 0.6 is 0 Å². The minimum absolute atomic E-state index is 0.502. The second kappa shape index (κ2) is 5.25. The van der Waals surface area contributed by atoms with Gasteiger partial charge in [0.05, 0.1) is 5.69 Å². The third kappa shape index (κ3) is 2.92. The molecule has 0 radical (unpaired) electrons. The van der Waals surface area contributed by atoms with Crippen LogP contribution in [0.1, 0.15) is 25.5 Å². The second-order valence-electron chi connectivity index (χ2n) is 4.56. The Bertz CT molecular complexity index is 322. The van der Waals surface area contributed by atoms with Gasteiger partial charge in [-0.2, -0.15) is 5.10 Å². The van der Waals surface area contributed by atoms with Crippen molar-refractivity contribution < 1.29 is 0 Å². The molecule has 0 aliphatic carbocycles. The van der Waals surface area contributed by atoms with E-state index in [2.05, 4.69) is 22.0 Å². The number of anilines is 1. The monoisotopic (exact) mass is 220 g/mol. The highest BCUT2D eigenvalue weighted by atomic mass is 15.1. The van der Waals surface area contributed by atoms with E-state index < -0.39 is 0 Å². The summed E-state index contributed by atoms with van der Waals surface area (Å²) in [6, 6.07) is 3.83. The van der Waals surface area contributed by atoms with E-state index in [1.54, 1.807) is 0 Å². The average Bonchev–Trinajstić information content (AvgIpc) is 2.32. The van der Waals surface area contributed by atoms with Gasteiger partial charge in [-0.3, -0.25) is 0 Å². The summed E-state index contributed by atoms with van der Waals surface area (Å²) in [6.45, 7) is 5.83. The maximum absolute atomic E-state index is 5.52. The van der Waals surface area contributed by atoms with Crippen LogP contribution in [0.15, 0.2) is 12.1 Å². The Hall–Kier alpha value is -1.16. The molecule has 16 heavy (non-hydrogen) atoms. The maximum Gasteiger partial charge on any atom is 0.146 e. The lowest BCUT2D eigenvalue weighted by molar-refractivity contribution is 0.181. The number of nitrogens with zero attached hydrogens (tertiary/aromatic N) is 3. The van der Waals surface area contributed by atoms with Crippen LogP contribution in [0.5, 0.6) is 0 Å². The van der Waals surface area contributed by atoms with Crippen molar-refractivity contribution in [3.63, 3.8) is 0 Å². The van der Waals surface area contributed by atoms with Gasteiger partial charge in [-0.25, -0.2) is 0 Å². The molecule has 1 fully saturated rings. The van der Waals surface area contributed by atoms with Crippen LogP contribution in [0, 0.1) is 5.92 Å². The molecule has 88 valence electrons. The van der Waals surface area contributed by atoms with Gasteiger partial charge in [0.25, 0.3) is 0 Å². The number of hydrogen-bond donors (Lipinski definition) is 1. The number of nitrogens with two attached hydrogens (primary N) is 1. The topological polar surface area (TPSA) is 55.0 Å².